The summed E-state index contributed by atoms with van der Waals surface area (Å²) in [6, 6.07) is 0. The van der Waals surface area contributed by atoms with Crippen molar-refractivity contribution in [1.29, 1.82) is 0 Å². The molecule has 192 valence electrons. The Morgan fingerprint density at radius 1 is 1.00 bits per heavy atom. The average molecular weight is 491 g/mol. The van der Waals surface area contributed by atoms with Gasteiger partial charge in [0.15, 0.2) is 0 Å². The molecule has 0 aromatic carbocycles. The summed E-state index contributed by atoms with van der Waals surface area (Å²) in [4.78, 5) is 23.3. The van der Waals surface area contributed by atoms with Gasteiger partial charge in [0.25, 0.3) is 10.1 Å². The quantitative estimate of drug-likeness (QED) is 0.111. The second-order valence-corrected chi connectivity index (χ2v) is 10.7. The third kappa shape index (κ3) is 14.4. The molecule has 0 radical (unpaired) electrons. The Bertz CT molecular complexity index is 703. The Hall–Kier alpha value is -1.45. The highest BCUT2D eigenvalue weighted by atomic mass is 32.2. The lowest BCUT2D eigenvalue weighted by Gasteiger charge is -2.29. The van der Waals surface area contributed by atoms with Gasteiger partial charge >= 0.3 is 11.9 Å². The molecule has 0 saturated heterocycles. The van der Waals surface area contributed by atoms with Crippen LogP contribution in [-0.2, 0) is 24.4 Å². The van der Waals surface area contributed by atoms with Crippen LogP contribution in [0.25, 0.3) is 0 Å². The summed E-state index contributed by atoms with van der Waals surface area (Å²) < 4.78 is 34.7. The van der Waals surface area contributed by atoms with Crippen molar-refractivity contribution >= 4 is 22.1 Å². The molecule has 0 aromatic rings. The minimum absolute atomic E-state index is 0.157. The molecule has 0 spiro atoms. The molecule has 4 unspecified atom stereocenters. The van der Waals surface area contributed by atoms with Gasteiger partial charge in [-0.05, 0) is 37.5 Å². The van der Waals surface area contributed by atoms with Crippen molar-refractivity contribution in [3.8, 4) is 0 Å². The number of allylic oxidation sites excluding steroid dienone is 2. The molecule has 33 heavy (non-hydrogen) atoms. The van der Waals surface area contributed by atoms with Crippen molar-refractivity contribution in [3.05, 3.63) is 12.2 Å². The van der Waals surface area contributed by atoms with E-state index in [1.807, 2.05) is 0 Å². The van der Waals surface area contributed by atoms with Crippen molar-refractivity contribution < 1.29 is 37.5 Å². The number of aliphatic hydroxyl groups is 1. The highest BCUT2D eigenvalue weighted by Crippen LogP contribution is 2.34. The van der Waals surface area contributed by atoms with E-state index in [0.29, 0.717) is 12.3 Å². The predicted octanol–water partition coefficient (Wildman–Crippen LogP) is 4.37. The highest BCUT2D eigenvalue weighted by molar-refractivity contribution is 7.85. The fraction of sp³-hybridized carbons (Fsp3) is 0.833. The van der Waals surface area contributed by atoms with Gasteiger partial charge in [-0.25, -0.2) is 0 Å². The third-order valence-corrected chi connectivity index (χ3v) is 7.01. The second-order valence-electron chi connectivity index (χ2n) is 9.23. The van der Waals surface area contributed by atoms with Crippen molar-refractivity contribution in [3.63, 3.8) is 0 Å². The number of esters is 1. The molecule has 3 N–H and O–H groups in total. The van der Waals surface area contributed by atoms with E-state index >= 15 is 0 Å². The number of carbonyl (C=O) groups excluding carboxylic acids is 1. The Labute approximate surface area is 198 Å². The maximum absolute atomic E-state index is 11.7. The fourth-order valence-electron chi connectivity index (χ4n) is 4.37. The van der Waals surface area contributed by atoms with E-state index in [9.17, 15) is 28.2 Å². The average Bonchev–Trinajstić information content (AvgIpc) is 2.73. The normalized spacial score (nSPS) is 21.6. The van der Waals surface area contributed by atoms with Gasteiger partial charge in [0.1, 0.15) is 18.5 Å². The number of carbonyl (C=O) groups is 2. The Morgan fingerprint density at radius 2 is 1.64 bits per heavy atom. The summed E-state index contributed by atoms with van der Waals surface area (Å²) in [5.74, 6) is -1.83. The van der Waals surface area contributed by atoms with Crippen molar-refractivity contribution in [2.75, 3.05) is 12.4 Å². The monoisotopic (exact) mass is 490 g/mol. The first-order valence-electron chi connectivity index (χ1n) is 12.3. The number of ether oxygens (including phenoxy) is 1. The molecule has 0 fully saturated rings. The lowest BCUT2D eigenvalue weighted by molar-refractivity contribution is -0.146. The van der Waals surface area contributed by atoms with E-state index in [0.717, 1.165) is 51.4 Å². The summed E-state index contributed by atoms with van der Waals surface area (Å²) in [5, 5.41) is 19.0. The number of carboxylic acids is 1. The molecule has 0 heterocycles. The smallest absolute Gasteiger partial charge is 0.307 e. The van der Waals surface area contributed by atoms with Crippen LogP contribution in [0.2, 0.25) is 0 Å². The third-order valence-electron chi connectivity index (χ3n) is 6.21. The molecular weight excluding hydrogens is 448 g/mol. The van der Waals surface area contributed by atoms with E-state index in [4.69, 9.17) is 9.29 Å². The largest absolute Gasteiger partial charge is 0.481 e. The van der Waals surface area contributed by atoms with Crippen LogP contribution >= 0.6 is 0 Å². The molecule has 0 aromatic heterocycles. The zero-order chi connectivity index (χ0) is 24.7. The number of hydrogen-bond acceptors (Lipinski definition) is 6. The lowest BCUT2D eigenvalue weighted by atomic mass is 9.75. The van der Waals surface area contributed by atoms with Crippen molar-refractivity contribution in [2.24, 2.45) is 17.8 Å². The summed E-state index contributed by atoms with van der Waals surface area (Å²) in [6.07, 6.45) is 15.0. The topological polar surface area (TPSA) is 138 Å². The Kier molecular flexibility index (Phi) is 14.5. The molecule has 0 aliphatic heterocycles. The molecule has 9 heteroatoms. The second kappa shape index (κ2) is 16.2. The van der Waals surface area contributed by atoms with Gasteiger partial charge in [0, 0.05) is 6.42 Å². The summed E-state index contributed by atoms with van der Waals surface area (Å²) in [7, 11) is -4.30. The van der Waals surface area contributed by atoms with Crippen LogP contribution in [-0.4, -0.2) is 53.6 Å². The number of rotatable bonds is 18. The predicted molar refractivity (Wildman–Crippen MR) is 126 cm³/mol. The van der Waals surface area contributed by atoms with Gasteiger partial charge < -0.3 is 14.9 Å². The summed E-state index contributed by atoms with van der Waals surface area (Å²) in [6.45, 7) is 1.72. The Morgan fingerprint density at radius 3 is 2.30 bits per heavy atom. The first-order chi connectivity index (χ1) is 15.6. The first kappa shape index (κ1) is 29.6. The van der Waals surface area contributed by atoms with Gasteiger partial charge in [0.05, 0.1) is 5.92 Å². The molecule has 1 rings (SSSR count). The Balaban J connectivity index is 2.15. The van der Waals surface area contributed by atoms with Gasteiger partial charge in [-0.2, -0.15) is 8.42 Å². The molecule has 8 nitrogen and oxygen atoms in total. The minimum atomic E-state index is -4.30. The van der Waals surface area contributed by atoms with E-state index in [1.165, 1.54) is 19.3 Å². The minimum Gasteiger partial charge on any atom is -0.481 e. The molecule has 0 amide bonds. The number of hydrogen-bond donors (Lipinski definition) is 3. The van der Waals surface area contributed by atoms with E-state index in [2.05, 4.69) is 19.1 Å². The van der Waals surface area contributed by atoms with Crippen LogP contribution in [0.4, 0.5) is 0 Å². The number of carboxylic acid groups (broad SMARTS) is 1. The van der Waals surface area contributed by atoms with Crippen LogP contribution < -0.4 is 0 Å². The maximum Gasteiger partial charge on any atom is 0.307 e. The van der Waals surface area contributed by atoms with Gasteiger partial charge in [-0.15, -0.1) is 0 Å². The van der Waals surface area contributed by atoms with Crippen molar-refractivity contribution in [1.82, 2.24) is 0 Å². The van der Waals surface area contributed by atoms with Gasteiger partial charge in [-0.1, -0.05) is 70.4 Å². The first-order valence-corrected chi connectivity index (χ1v) is 13.9. The van der Waals surface area contributed by atoms with E-state index in [-0.39, 0.29) is 18.3 Å². The number of aliphatic carboxylic acids is 1. The molecular formula is C24H42O8S. The zero-order valence-electron chi connectivity index (χ0n) is 19.9. The molecule has 4 atom stereocenters. The molecule has 1 aliphatic carbocycles. The van der Waals surface area contributed by atoms with E-state index < -0.39 is 40.5 Å². The molecule has 1 aliphatic rings. The van der Waals surface area contributed by atoms with E-state index in [1.54, 1.807) is 0 Å². The number of aliphatic hydroxyl groups excluding tert-OH is 1. The fourth-order valence-corrected chi connectivity index (χ4v) is 4.96. The summed E-state index contributed by atoms with van der Waals surface area (Å²) in [5.41, 5.74) is 0. The van der Waals surface area contributed by atoms with Crippen LogP contribution in [0, 0.1) is 17.8 Å². The van der Waals surface area contributed by atoms with Crippen LogP contribution in [0.5, 0.6) is 0 Å². The number of unbranched alkanes of at least 4 members (excludes halogenated alkanes) is 7. The zero-order valence-corrected chi connectivity index (χ0v) is 20.7. The standard InChI is InChI=1S/C24H42O8S/c1-2-3-4-9-12-20-15-14-19(16-22(20)24(27)28)11-8-6-5-7-10-13-23(26)32-17-21(25)18-33(29,30)31/h14-15,19-22,25H,2-13,16-18H2,1H3,(H,27,28)(H,29,30,31). The van der Waals surface area contributed by atoms with Crippen LogP contribution in [0.3, 0.4) is 0 Å². The maximum atomic E-state index is 11.7. The molecule has 0 saturated carbocycles. The molecule has 0 bridgehead atoms. The van der Waals surface area contributed by atoms with Crippen LogP contribution in [0.1, 0.15) is 90.4 Å². The highest BCUT2D eigenvalue weighted by Gasteiger charge is 2.31. The summed E-state index contributed by atoms with van der Waals surface area (Å²) >= 11 is 0. The van der Waals surface area contributed by atoms with Crippen molar-refractivity contribution in [2.45, 2.75) is 96.5 Å². The van der Waals surface area contributed by atoms with Crippen LogP contribution in [0.15, 0.2) is 12.2 Å². The lowest BCUT2D eigenvalue weighted by Crippen LogP contribution is -2.28. The van der Waals surface area contributed by atoms with Gasteiger partial charge in [-0.3, -0.25) is 14.1 Å². The van der Waals surface area contributed by atoms with Gasteiger partial charge in [0.2, 0.25) is 0 Å². The SMILES string of the molecule is CCCCCCC1C=CC(CCCCCCCC(=O)OCC(O)CS(=O)(=O)O)CC1C(=O)O.